The number of carbonyl (C=O) groups excluding carboxylic acids is 1. The first-order chi connectivity index (χ1) is 13.2. The van der Waals surface area contributed by atoms with Gasteiger partial charge in [-0.15, -0.1) is 0 Å². The second-order valence-corrected chi connectivity index (χ2v) is 9.37. The Kier molecular flexibility index (Phi) is 3.43. The van der Waals surface area contributed by atoms with Gasteiger partial charge in [-0.1, -0.05) is 0 Å². The summed E-state index contributed by atoms with van der Waals surface area (Å²) in [5.41, 5.74) is 0.966. The smallest absolute Gasteiger partial charge is 0.274 e. The monoisotopic (exact) mass is 365 g/mol. The van der Waals surface area contributed by atoms with Crippen molar-refractivity contribution in [2.24, 2.45) is 17.8 Å². The van der Waals surface area contributed by atoms with Gasteiger partial charge in [0.15, 0.2) is 0 Å². The van der Waals surface area contributed by atoms with Crippen molar-refractivity contribution in [2.75, 3.05) is 26.2 Å². The van der Waals surface area contributed by atoms with Crippen molar-refractivity contribution in [3.05, 3.63) is 30.4 Å². The lowest BCUT2D eigenvalue weighted by molar-refractivity contribution is -0.0987. The Morgan fingerprint density at radius 1 is 1.00 bits per heavy atom. The van der Waals surface area contributed by atoms with E-state index < -0.39 is 0 Å². The first-order valence-electron chi connectivity index (χ1n) is 10.5. The number of hydrogen-bond acceptors (Lipinski definition) is 4. The van der Waals surface area contributed by atoms with Gasteiger partial charge in [0.1, 0.15) is 5.69 Å². The fourth-order valence-electron chi connectivity index (χ4n) is 6.93. The van der Waals surface area contributed by atoms with Crippen LogP contribution in [0.4, 0.5) is 0 Å². The first-order valence-corrected chi connectivity index (χ1v) is 10.5. The van der Waals surface area contributed by atoms with E-state index in [-0.39, 0.29) is 5.91 Å². The highest BCUT2D eigenvalue weighted by Crippen LogP contribution is 2.57. The van der Waals surface area contributed by atoms with E-state index in [0.29, 0.717) is 17.0 Å². The molecule has 2 aromatic heterocycles. The molecule has 4 aliphatic carbocycles. The van der Waals surface area contributed by atoms with Crippen molar-refractivity contribution < 1.29 is 4.79 Å². The maximum atomic E-state index is 12.9. The normalized spacial score (nSPS) is 35.9. The Bertz CT molecular complexity index is 813. The molecule has 5 aliphatic rings. The Hall–Kier alpha value is -1.95. The highest BCUT2D eigenvalue weighted by atomic mass is 16.2. The molecule has 6 heteroatoms. The number of rotatable bonds is 2. The van der Waals surface area contributed by atoms with Crippen molar-refractivity contribution in [3.63, 3.8) is 0 Å². The summed E-state index contributed by atoms with van der Waals surface area (Å²) in [5.74, 6) is 3.56. The second kappa shape index (κ2) is 5.77. The van der Waals surface area contributed by atoms with E-state index in [2.05, 4.69) is 14.9 Å². The molecule has 7 rings (SSSR count). The first kappa shape index (κ1) is 16.0. The fourth-order valence-corrected chi connectivity index (χ4v) is 6.93. The maximum absolute atomic E-state index is 12.9. The van der Waals surface area contributed by atoms with Gasteiger partial charge >= 0.3 is 0 Å². The zero-order valence-electron chi connectivity index (χ0n) is 15.8. The predicted molar refractivity (Wildman–Crippen MR) is 101 cm³/mol. The quantitative estimate of drug-likeness (QED) is 0.820. The van der Waals surface area contributed by atoms with Gasteiger partial charge in [0.25, 0.3) is 5.91 Å². The Morgan fingerprint density at radius 2 is 1.67 bits per heavy atom. The van der Waals surface area contributed by atoms with E-state index in [9.17, 15) is 4.79 Å². The van der Waals surface area contributed by atoms with Gasteiger partial charge in [-0.05, 0) is 62.3 Å². The summed E-state index contributed by atoms with van der Waals surface area (Å²) in [4.78, 5) is 26.3. The molecule has 0 spiro atoms. The average Bonchev–Trinajstić information content (AvgIpc) is 3.11. The van der Waals surface area contributed by atoms with E-state index >= 15 is 0 Å². The van der Waals surface area contributed by atoms with E-state index in [4.69, 9.17) is 0 Å². The fraction of sp³-hybridized carbons (Fsp3) is 0.667. The van der Waals surface area contributed by atoms with Crippen molar-refractivity contribution in [2.45, 2.75) is 44.1 Å². The van der Waals surface area contributed by atoms with Gasteiger partial charge in [0.05, 0.1) is 0 Å². The number of carbonyl (C=O) groups is 1. The molecular formula is C21H27N5O. The summed E-state index contributed by atoms with van der Waals surface area (Å²) in [6.45, 7) is 3.68. The minimum absolute atomic E-state index is 0.0469. The molecule has 27 heavy (non-hydrogen) atoms. The molecule has 0 N–H and O–H groups in total. The van der Waals surface area contributed by atoms with Crippen LogP contribution in [0.5, 0.6) is 0 Å². The topological polar surface area (TPSA) is 53.7 Å². The van der Waals surface area contributed by atoms with Crippen LogP contribution in [-0.2, 0) is 0 Å². The zero-order chi connectivity index (χ0) is 18.0. The minimum Gasteiger partial charge on any atom is -0.335 e. The van der Waals surface area contributed by atoms with Crippen molar-refractivity contribution in [1.82, 2.24) is 24.2 Å². The van der Waals surface area contributed by atoms with E-state index in [1.807, 2.05) is 21.6 Å². The summed E-state index contributed by atoms with van der Waals surface area (Å²) in [6.07, 6.45) is 14.1. The molecule has 4 bridgehead atoms. The highest BCUT2D eigenvalue weighted by molar-refractivity contribution is 5.92. The van der Waals surface area contributed by atoms with Crippen LogP contribution < -0.4 is 0 Å². The predicted octanol–water partition coefficient (Wildman–Crippen LogP) is 2.46. The molecule has 1 amide bonds. The third-order valence-electron chi connectivity index (χ3n) is 7.70. The van der Waals surface area contributed by atoms with Crippen LogP contribution in [-0.4, -0.2) is 61.8 Å². The molecular weight excluding hydrogens is 338 g/mol. The third-order valence-corrected chi connectivity index (χ3v) is 7.70. The molecule has 5 fully saturated rings. The Labute approximate surface area is 159 Å². The van der Waals surface area contributed by atoms with Crippen molar-refractivity contribution >= 4 is 11.7 Å². The van der Waals surface area contributed by atoms with Crippen LogP contribution in [0.3, 0.4) is 0 Å². The Morgan fingerprint density at radius 3 is 2.30 bits per heavy atom. The Balaban J connectivity index is 1.16. The zero-order valence-corrected chi connectivity index (χ0v) is 15.8. The molecule has 1 saturated heterocycles. The lowest BCUT2D eigenvalue weighted by atomic mass is 9.52. The number of piperazine rings is 1. The van der Waals surface area contributed by atoms with Crippen LogP contribution in [0.25, 0.3) is 5.78 Å². The average molecular weight is 365 g/mol. The van der Waals surface area contributed by atoms with Gasteiger partial charge in [0.2, 0.25) is 5.78 Å². The molecule has 0 unspecified atom stereocenters. The van der Waals surface area contributed by atoms with Crippen LogP contribution in [0.2, 0.25) is 0 Å². The molecule has 142 valence electrons. The number of nitrogens with zero attached hydrogens (tertiary/aromatic N) is 5. The van der Waals surface area contributed by atoms with Gasteiger partial charge in [0, 0.05) is 50.3 Å². The number of amides is 1. The van der Waals surface area contributed by atoms with Crippen LogP contribution in [0.1, 0.15) is 49.0 Å². The largest absolute Gasteiger partial charge is 0.335 e. The summed E-state index contributed by atoms with van der Waals surface area (Å²) >= 11 is 0. The lowest BCUT2D eigenvalue weighted by Crippen LogP contribution is -2.64. The number of hydrogen-bond donors (Lipinski definition) is 0. The summed E-state index contributed by atoms with van der Waals surface area (Å²) in [7, 11) is 0. The molecule has 2 aromatic rings. The molecule has 3 heterocycles. The highest BCUT2D eigenvalue weighted by Gasteiger charge is 2.53. The van der Waals surface area contributed by atoms with Gasteiger partial charge in [-0.3, -0.25) is 14.1 Å². The minimum atomic E-state index is 0.0469. The van der Waals surface area contributed by atoms with E-state index in [1.165, 1.54) is 38.5 Å². The molecule has 1 aliphatic heterocycles. The van der Waals surface area contributed by atoms with Gasteiger partial charge in [-0.25, -0.2) is 9.97 Å². The van der Waals surface area contributed by atoms with E-state index in [0.717, 1.165) is 43.9 Å². The number of aromatic nitrogens is 3. The number of fused-ring (bicyclic) bond motifs is 1. The SMILES string of the molecule is O=C(c1cn2cccnc2n1)N1CCN(C23CC4CC(CC(C4)C2)C3)CC1. The van der Waals surface area contributed by atoms with Gasteiger partial charge in [-0.2, -0.15) is 0 Å². The van der Waals surface area contributed by atoms with E-state index in [1.54, 1.807) is 12.4 Å². The lowest BCUT2D eigenvalue weighted by Gasteiger charge is -2.61. The molecule has 0 atom stereocenters. The van der Waals surface area contributed by atoms with Crippen LogP contribution >= 0.6 is 0 Å². The summed E-state index contributed by atoms with van der Waals surface area (Å²) in [5, 5.41) is 0. The summed E-state index contributed by atoms with van der Waals surface area (Å²) in [6, 6.07) is 1.85. The molecule has 4 saturated carbocycles. The van der Waals surface area contributed by atoms with Crippen molar-refractivity contribution in [1.29, 1.82) is 0 Å². The van der Waals surface area contributed by atoms with Crippen LogP contribution in [0.15, 0.2) is 24.7 Å². The van der Waals surface area contributed by atoms with Crippen LogP contribution in [0, 0.1) is 17.8 Å². The third kappa shape index (κ3) is 2.53. The molecule has 0 aromatic carbocycles. The second-order valence-electron chi connectivity index (χ2n) is 9.37. The molecule has 6 nitrogen and oxygen atoms in total. The maximum Gasteiger partial charge on any atom is 0.274 e. The van der Waals surface area contributed by atoms with Gasteiger partial charge < -0.3 is 4.90 Å². The van der Waals surface area contributed by atoms with Crippen molar-refractivity contribution in [3.8, 4) is 0 Å². The number of imidazole rings is 1. The standard InChI is InChI=1S/C21H27N5O/c27-19(18-14-25-3-1-2-22-20(25)23-18)24-4-6-26(7-5-24)21-11-15-8-16(12-21)10-17(9-15)13-21/h1-3,14-17H,4-13H2. The molecule has 0 radical (unpaired) electrons. The summed E-state index contributed by atoms with van der Waals surface area (Å²) < 4.78 is 1.82.